The van der Waals surface area contributed by atoms with Gasteiger partial charge in [-0.2, -0.15) is 26.3 Å². The van der Waals surface area contributed by atoms with Crippen LogP contribution in [0.2, 0.25) is 0 Å². The van der Waals surface area contributed by atoms with Gasteiger partial charge in [-0.3, -0.25) is 4.79 Å². The van der Waals surface area contributed by atoms with Crippen LogP contribution in [0.1, 0.15) is 30.9 Å². The first-order valence-corrected chi connectivity index (χ1v) is 6.98. The van der Waals surface area contributed by atoms with E-state index in [1.807, 2.05) is 0 Å². The Morgan fingerprint density at radius 2 is 1.79 bits per heavy atom. The van der Waals surface area contributed by atoms with Gasteiger partial charge >= 0.3 is 12.4 Å². The largest absolute Gasteiger partial charge is 0.417 e. The number of halogens is 6. The summed E-state index contributed by atoms with van der Waals surface area (Å²) >= 11 is 0. The van der Waals surface area contributed by atoms with Crippen molar-refractivity contribution in [3.63, 3.8) is 0 Å². The van der Waals surface area contributed by atoms with Crippen molar-refractivity contribution in [2.75, 3.05) is 0 Å². The van der Waals surface area contributed by atoms with Gasteiger partial charge in [0.25, 0.3) is 0 Å². The number of nitrogens with one attached hydrogen (secondary N) is 1. The second kappa shape index (κ2) is 6.33. The highest BCUT2D eigenvalue weighted by atomic mass is 19.4. The summed E-state index contributed by atoms with van der Waals surface area (Å²) in [7, 11) is 0. The lowest BCUT2D eigenvalue weighted by Crippen LogP contribution is -2.14. The molecule has 1 heterocycles. The summed E-state index contributed by atoms with van der Waals surface area (Å²) in [6.07, 6.45) is -9.06. The highest BCUT2D eigenvalue weighted by Gasteiger charge is 2.33. The maximum absolute atomic E-state index is 13.1. The average Bonchev–Trinajstić information content (AvgIpc) is 2.45. The highest BCUT2D eigenvalue weighted by molar-refractivity contribution is 5.86. The van der Waals surface area contributed by atoms with Gasteiger partial charge in [-0.15, -0.1) is 0 Å². The third-order valence-corrected chi connectivity index (χ3v) is 3.55. The molecule has 1 aromatic heterocycles. The number of alkyl halides is 6. The summed E-state index contributed by atoms with van der Waals surface area (Å²) in [5.74, 6) is 0. The van der Waals surface area contributed by atoms with Gasteiger partial charge < -0.3 is 4.98 Å². The lowest BCUT2D eigenvalue weighted by Gasteiger charge is -2.13. The van der Waals surface area contributed by atoms with E-state index in [0.717, 1.165) is 6.07 Å². The maximum Gasteiger partial charge on any atom is 0.417 e. The molecule has 0 bridgehead atoms. The smallest absolute Gasteiger partial charge is 0.322 e. The second-order valence-electron chi connectivity index (χ2n) is 5.23. The van der Waals surface area contributed by atoms with E-state index < -0.39 is 29.9 Å². The molecule has 8 heteroatoms. The fourth-order valence-corrected chi connectivity index (χ4v) is 2.42. The lowest BCUT2D eigenvalue weighted by molar-refractivity contribution is -0.136. The van der Waals surface area contributed by atoms with Gasteiger partial charge in [0.2, 0.25) is 5.56 Å². The van der Waals surface area contributed by atoms with Crippen LogP contribution in [0.3, 0.4) is 0 Å². The van der Waals surface area contributed by atoms with Crippen molar-refractivity contribution < 1.29 is 26.3 Å². The number of aromatic amines is 1. The van der Waals surface area contributed by atoms with Crippen LogP contribution in [0.25, 0.3) is 16.5 Å². The van der Waals surface area contributed by atoms with E-state index in [1.165, 1.54) is 25.1 Å². The number of allylic oxidation sites excluding steroid dienone is 2. The van der Waals surface area contributed by atoms with Crippen LogP contribution in [0.5, 0.6) is 0 Å². The van der Waals surface area contributed by atoms with Gasteiger partial charge in [-0.05, 0) is 36.6 Å². The van der Waals surface area contributed by atoms with Gasteiger partial charge in [0.1, 0.15) is 0 Å². The van der Waals surface area contributed by atoms with E-state index in [4.69, 9.17) is 0 Å². The van der Waals surface area contributed by atoms with Crippen molar-refractivity contribution in [1.29, 1.82) is 0 Å². The molecule has 0 radical (unpaired) electrons. The molecule has 0 aliphatic rings. The molecule has 0 spiro atoms. The Hall–Kier alpha value is -2.25. The topological polar surface area (TPSA) is 32.9 Å². The predicted molar refractivity (Wildman–Crippen MR) is 78.5 cm³/mol. The van der Waals surface area contributed by atoms with Crippen LogP contribution in [0.15, 0.2) is 35.1 Å². The van der Waals surface area contributed by atoms with E-state index in [0.29, 0.717) is 6.07 Å². The first kappa shape index (κ1) is 18.1. The fraction of sp³-hybridized carbons (Fsp3) is 0.312. The van der Waals surface area contributed by atoms with E-state index in [-0.39, 0.29) is 28.5 Å². The molecule has 1 aromatic carbocycles. The van der Waals surface area contributed by atoms with Crippen LogP contribution in [-0.2, 0) is 6.18 Å². The summed E-state index contributed by atoms with van der Waals surface area (Å²) in [5, 5.41) is -0.258. The molecule has 2 aromatic rings. The van der Waals surface area contributed by atoms with Crippen molar-refractivity contribution in [3.8, 4) is 0 Å². The highest BCUT2D eigenvalue weighted by Crippen LogP contribution is 2.35. The Bertz CT molecular complexity index is 829. The van der Waals surface area contributed by atoms with Crippen molar-refractivity contribution in [2.24, 2.45) is 0 Å². The molecule has 0 atom stereocenters. The molecular weight excluding hydrogens is 336 g/mol. The Balaban J connectivity index is 2.54. The lowest BCUT2D eigenvalue weighted by atomic mass is 9.97. The monoisotopic (exact) mass is 349 g/mol. The second-order valence-corrected chi connectivity index (χ2v) is 5.23. The first-order valence-electron chi connectivity index (χ1n) is 6.98. The van der Waals surface area contributed by atoms with E-state index in [9.17, 15) is 31.1 Å². The van der Waals surface area contributed by atoms with E-state index in [2.05, 4.69) is 4.98 Å². The third kappa shape index (κ3) is 4.18. The summed E-state index contributed by atoms with van der Waals surface area (Å²) < 4.78 is 76.4. The molecule has 0 aliphatic carbocycles. The van der Waals surface area contributed by atoms with Crippen LogP contribution in [0, 0.1) is 0 Å². The predicted octanol–water partition coefficient (Wildman–Crippen LogP) is 5.29. The molecular formula is C16H13F6NO. The number of benzene rings is 1. The molecule has 0 aliphatic heterocycles. The number of H-pyrrole nitrogens is 1. The number of hydrogen-bond acceptors (Lipinski definition) is 1. The zero-order valence-corrected chi connectivity index (χ0v) is 12.5. The molecule has 130 valence electrons. The maximum atomic E-state index is 13.1. The van der Waals surface area contributed by atoms with Crippen LogP contribution < -0.4 is 5.56 Å². The fourth-order valence-electron chi connectivity index (χ4n) is 2.42. The zero-order valence-electron chi connectivity index (χ0n) is 12.5. The quantitative estimate of drug-likeness (QED) is 0.750. The molecule has 1 N–H and O–H groups in total. The molecule has 0 unspecified atom stereocenters. The van der Waals surface area contributed by atoms with Gasteiger partial charge in [0.15, 0.2) is 0 Å². The van der Waals surface area contributed by atoms with Gasteiger partial charge in [-0.25, -0.2) is 0 Å². The minimum Gasteiger partial charge on any atom is -0.322 e. The van der Waals surface area contributed by atoms with Gasteiger partial charge in [0, 0.05) is 23.4 Å². The van der Waals surface area contributed by atoms with Crippen molar-refractivity contribution >= 4 is 16.5 Å². The number of pyridine rings is 1. The van der Waals surface area contributed by atoms with Crippen molar-refractivity contribution in [3.05, 3.63) is 51.8 Å². The van der Waals surface area contributed by atoms with Gasteiger partial charge in [0.05, 0.1) is 5.56 Å². The summed E-state index contributed by atoms with van der Waals surface area (Å²) in [6.45, 7) is 1.52. The number of fused-ring (bicyclic) bond motifs is 1. The molecule has 2 rings (SSSR count). The standard InChI is InChI=1S/C16H13F6NO/c1-2-9(5-6-15(17,18)19)10-3-4-13-11(7-10)12(16(20,21)22)8-14(24)23-13/h2-4,7-8H,5-6H2,1H3,(H,23,24)/b9-2-. The molecule has 0 saturated heterocycles. The summed E-state index contributed by atoms with van der Waals surface area (Å²) in [4.78, 5) is 13.6. The van der Waals surface area contributed by atoms with Crippen LogP contribution >= 0.6 is 0 Å². The Labute approximate surface area is 132 Å². The van der Waals surface area contributed by atoms with Crippen molar-refractivity contribution in [2.45, 2.75) is 32.1 Å². The number of rotatable bonds is 3. The third-order valence-electron chi connectivity index (χ3n) is 3.55. The zero-order chi connectivity index (χ0) is 18.1. The molecule has 0 saturated carbocycles. The number of aromatic nitrogens is 1. The molecule has 2 nitrogen and oxygen atoms in total. The SMILES string of the molecule is C/C=C(/CCC(F)(F)F)c1ccc2[nH]c(=O)cc(C(F)(F)F)c2c1. The van der Waals surface area contributed by atoms with E-state index in [1.54, 1.807) is 0 Å². The van der Waals surface area contributed by atoms with Crippen LogP contribution in [-0.4, -0.2) is 11.2 Å². The Kier molecular flexibility index (Phi) is 4.77. The van der Waals surface area contributed by atoms with Crippen LogP contribution in [0.4, 0.5) is 26.3 Å². The summed E-state index contributed by atoms with van der Waals surface area (Å²) in [5.41, 5.74) is -1.49. The molecule has 0 fully saturated rings. The Morgan fingerprint density at radius 1 is 1.12 bits per heavy atom. The average molecular weight is 349 g/mol. The first-order chi connectivity index (χ1) is 11.0. The Morgan fingerprint density at radius 3 is 2.33 bits per heavy atom. The summed E-state index contributed by atoms with van der Waals surface area (Å²) in [6, 6.07) is 4.25. The van der Waals surface area contributed by atoms with Gasteiger partial charge in [-0.1, -0.05) is 12.1 Å². The van der Waals surface area contributed by atoms with E-state index >= 15 is 0 Å². The normalized spacial score (nSPS) is 13.5. The molecule has 24 heavy (non-hydrogen) atoms. The minimum atomic E-state index is -4.74. The number of hydrogen-bond donors (Lipinski definition) is 1. The molecule has 0 amide bonds. The minimum absolute atomic E-state index is 0.0233. The van der Waals surface area contributed by atoms with Crippen molar-refractivity contribution in [1.82, 2.24) is 4.98 Å².